The molecule has 2 aliphatic rings. The minimum Gasteiger partial charge on any atom is -0.380 e. The van der Waals surface area contributed by atoms with Crippen molar-refractivity contribution in [3.63, 3.8) is 0 Å². The molecule has 2 fully saturated rings. The SMILES string of the molecule is COCc1cc(C(F)(F)F)cc(C(F)(F)F)c1C(=O)N[C@@H]1CCCC[C@@H]1NCC1CC1. The predicted molar refractivity (Wildman–Crippen MR) is 101 cm³/mol. The summed E-state index contributed by atoms with van der Waals surface area (Å²) in [6.07, 6.45) is -4.72. The Kier molecular flexibility index (Phi) is 7.20. The maximum absolute atomic E-state index is 13.7. The highest BCUT2D eigenvalue weighted by atomic mass is 19.4. The number of alkyl halides is 6. The zero-order valence-electron chi connectivity index (χ0n) is 17.1. The summed E-state index contributed by atoms with van der Waals surface area (Å²) in [4.78, 5) is 13.0. The fourth-order valence-corrected chi connectivity index (χ4v) is 4.06. The fraction of sp³-hybridized carbons (Fsp3) is 0.667. The molecular weight excluding hydrogens is 426 g/mol. The quantitative estimate of drug-likeness (QED) is 0.578. The Labute approximate surface area is 176 Å². The highest BCUT2D eigenvalue weighted by Crippen LogP contribution is 2.39. The maximum Gasteiger partial charge on any atom is 0.417 e. The van der Waals surface area contributed by atoms with Crippen molar-refractivity contribution >= 4 is 5.91 Å². The lowest BCUT2D eigenvalue weighted by molar-refractivity contribution is -0.143. The van der Waals surface area contributed by atoms with Crippen LogP contribution in [0.2, 0.25) is 0 Å². The van der Waals surface area contributed by atoms with Crippen LogP contribution in [0.5, 0.6) is 0 Å². The smallest absolute Gasteiger partial charge is 0.380 e. The first-order valence-corrected chi connectivity index (χ1v) is 10.3. The molecule has 0 radical (unpaired) electrons. The zero-order valence-corrected chi connectivity index (χ0v) is 17.1. The minimum absolute atomic E-state index is 0.00221. The van der Waals surface area contributed by atoms with E-state index in [0.29, 0.717) is 18.4 Å². The Hall–Kier alpha value is -1.81. The molecule has 2 saturated carbocycles. The molecule has 10 heteroatoms. The molecule has 3 rings (SSSR count). The van der Waals surface area contributed by atoms with E-state index < -0.39 is 53.2 Å². The van der Waals surface area contributed by atoms with Gasteiger partial charge in [-0.1, -0.05) is 12.8 Å². The van der Waals surface area contributed by atoms with Gasteiger partial charge in [0.2, 0.25) is 0 Å². The van der Waals surface area contributed by atoms with Gasteiger partial charge in [-0.3, -0.25) is 4.79 Å². The molecular formula is C21H26F6N2O2. The van der Waals surface area contributed by atoms with Gasteiger partial charge in [-0.2, -0.15) is 26.3 Å². The van der Waals surface area contributed by atoms with Gasteiger partial charge < -0.3 is 15.4 Å². The Balaban J connectivity index is 1.91. The number of halogens is 6. The van der Waals surface area contributed by atoms with E-state index >= 15 is 0 Å². The highest BCUT2D eigenvalue weighted by molar-refractivity contribution is 5.97. The standard InChI is InChI=1S/C21H26F6N2O2/c1-31-11-13-8-14(20(22,23)24)9-15(21(25,26)27)18(13)19(30)29-17-5-3-2-4-16(17)28-10-12-6-7-12/h8-9,12,16-17,28H,2-7,10-11H2,1H3,(H,29,30)/t16-,17+/m0/s1. The second-order valence-corrected chi connectivity index (χ2v) is 8.31. The van der Waals surface area contributed by atoms with Gasteiger partial charge in [0.25, 0.3) is 5.91 Å². The van der Waals surface area contributed by atoms with Crippen molar-refractivity contribution in [1.82, 2.24) is 10.6 Å². The zero-order chi connectivity index (χ0) is 22.8. The van der Waals surface area contributed by atoms with Crippen LogP contribution in [0.25, 0.3) is 0 Å². The number of rotatable bonds is 7. The van der Waals surface area contributed by atoms with Crippen molar-refractivity contribution in [3.8, 4) is 0 Å². The van der Waals surface area contributed by atoms with Crippen LogP contribution in [0.15, 0.2) is 12.1 Å². The summed E-state index contributed by atoms with van der Waals surface area (Å²) in [5, 5.41) is 6.05. The number of carbonyl (C=O) groups excluding carboxylic acids is 1. The average Bonchev–Trinajstić information content (AvgIpc) is 3.50. The molecule has 0 bridgehead atoms. The van der Waals surface area contributed by atoms with Crippen LogP contribution in [0.1, 0.15) is 65.6 Å². The number of amides is 1. The first kappa shape index (κ1) is 23.8. The molecule has 31 heavy (non-hydrogen) atoms. The molecule has 1 amide bonds. The monoisotopic (exact) mass is 452 g/mol. The number of ether oxygens (including phenoxy) is 1. The van der Waals surface area contributed by atoms with Crippen LogP contribution in [0.4, 0.5) is 26.3 Å². The van der Waals surface area contributed by atoms with Gasteiger partial charge in [0.15, 0.2) is 0 Å². The van der Waals surface area contributed by atoms with Crippen LogP contribution >= 0.6 is 0 Å². The predicted octanol–water partition coefficient (Wildman–Crippen LogP) is 4.91. The summed E-state index contributed by atoms with van der Waals surface area (Å²) in [6.45, 7) is 0.240. The summed E-state index contributed by atoms with van der Waals surface area (Å²) >= 11 is 0. The lowest BCUT2D eigenvalue weighted by Crippen LogP contribution is -2.52. The third kappa shape index (κ3) is 6.12. The Morgan fingerprint density at radius 3 is 2.19 bits per heavy atom. The van der Waals surface area contributed by atoms with Gasteiger partial charge in [-0.25, -0.2) is 0 Å². The molecule has 2 N–H and O–H groups in total. The van der Waals surface area contributed by atoms with Crippen LogP contribution in [0, 0.1) is 5.92 Å². The summed E-state index contributed by atoms with van der Waals surface area (Å²) < 4.78 is 85.3. The number of hydrogen-bond donors (Lipinski definition) is 2. The summed E-state index contributed by atoms with van der Waals surface area (Å²) in [5.74, 6) is -0.434. The van der Waals surface area contributed by atoms with Crippen LogP contribution in [-0.4, -0.2) is 31.6 Å². The van der Waals surface area contributed by atoms with Crippen LogP contribution in [-0.2, 0) is 23.7 Å². The van der Waals surface area contributed by atoms with Crippen molar-refractivity contribution in [2.45, 2.75) is 69.6 Å². The molecule has 0 heterocycles. The second kappa shape index (κ2) is 9.36. The van der Waals surface area contributed by atoms with Gasteiger partial charge >= 0.3 is 12.4 Å². The third-order valence-electron chi connectivity index (χ3n) is 5.83. The molecule has 1 aromatic rings. The molecule has 174 valence electrons. The van der Waals surface area contributed by atoms with Crippen molar-refractivity contribution in [3.05, 3.63) is 34.4 Å². The molecule has 0 saturated heterocycles. The highest BCUT2D eigenvalue weighted by Gasteiger charge is 2.41. The van der Waals surface area contributed by atoms with E-state index in [1.165, 1.54) is 0 Å². The van der Waals surface area contributed by atoms with Gasteiger partial charge in [-0.05, 0) is 55.8 Å². The van der Waals surface area contributed by atoms with E-state index in [-0.39, 0.29) is 12.1 Å². The van der Waals surface area contributed by atoms with E-state index in [1.54, 1.807) is 0 Å². The first-order valence-electron chi connectivity index (χ1n) is 10.3. The number of hydrogen-bond acceptors (Lipinski definition) is 3. The summed E-state index contributed by atoms with van der Waals surface area (Å²) in [7, 11) is 1.15. The first-order chi connectivity index (χ1) is 14.5. The van der Waals surface area contributed by atoms with Gasteiger partial charge in [-0.15, -0.1) is 0 Å². The number of nitrogens with one attached hydrogen (secondary N) is 2. The van der Waals surface area contributed by atoms with Gasteiger partial charge in [0.05, 0.1) is 23.3 Å². The third-order valence-corrected chi connectivity index (χ3v) is 5.83. The number of benzene rings is 1. The number of carbonyl (C=O) groups is 1. The van der Waals surface area contributed by atoms with Gasteiger partial charge in [0, 0.05) is 19.2 Å². The van der Waals surface area contributed by atoms with E-state index in [1.807, 2.05) is 0 Å². The van der Waals surface area contributed by atoms with E-state index in [9.17, 15) is 31.1 Å². The average molecular weight is 452 g/mol. The second-order valence-electron chi connectivity index (χ2n) is 8.31. The molecule has 4 nitrogen and oxygen atoms in total. The summed E-state index contributed by atoms with van der Waals surface area (Å²) in [6, 6.07) is 0.0847. The fourth-order valence-electron chi connectivity index (χ4n) is 4.06. The van der Waals surface area contributed by atoms with E-state index in [0.717, 1.165) is 45.8 Å². The Morgan fingerprint density at radius 1 is 1.00 bits per heavy atom. The van der Waals surface area contributed by atoms with Crippen LogP contribution in [0.3, 0.4) is 0 Å². The maximum atomic E-state index is 13.7. The van der Waals surface area contributed by atoms with Crippen molar-refractivity contribution in [2.24, 2.45) is 5.92 Å². The Bertz CT molecular complexity index is 789. The van der Waals surface area contributed by atoms with Crippen molar-refractivity contribution in [2.75, 3.05) is 13.7 Å². The molecule has 0 unspecified atom stereocenters. The lowest BCUT2D eigenvalue weighted by atomic mass is 9.89. The molecule has 0 aromatic heterocycles. The molecule has 1 aromatic carbocycles. The topological polar surface area (TPSA) is 50.4 Å². The number of methoxy groups -OCH3 is 1. The van der Waals surface area contributed by atoms with Crippen molar-refractivity contribution < 1.29 is 35.9 Å². The van der Waals surface area contributed by atoms with Crippen LogP contribution < -0.4 is 10.6 Å². The minimum atomic E-state index is -5.13. The molecule has 0 spiro atoms. The van der Waals surface area contributed by atoms with E-state index in [2.05, 4.69) is 10.6 Å². The normalized spacial score (nSPS) is 22.4. The Morgan fingerprint density at radius 2 is 1.65 bits per heavy atom. The summed E-state index contributed by atoms with van der Waals surface area (Å²) in [5.41, 5.74) is -4.33. The van der Waals surface area contributed by atoms with Gasteiger partial charge in [0.1, 0.15) is 0 Å². The van der Waals surface area contributed by atoms with E-state index in [4.69, 9.17) is 4.74 Å². The molecule has 2 atom stereocenters. The lowest BCUT2D eigenvalue weighted by Gasteiger charge is -2.33. The van der Waals surface area contributed by atoms with Crippen molar-refractivity contribution in [1.29, 1.82) is 0 Å². The molecule has 2 aliphatic carbocycles. The molecule has 0 aliphatic heterocycles. The largest absolute Gasteiger partial charge is 0.417 e.